The average molecular weight is 236 g/mol. The molecular formula is C13H20N2S. The zero-order chi connectivity index (χ0) is 12.0. The molecule has 1 rings (SSSR count). The summed E-state index contributed by atoms with van der Waals surface area (Å²) in [5.74, 6) is 0. The van der Waals surface area contributed by atoms with Gasteiger partial charge in [0.1, 0.15) is 4.99 Å². The molecule has 0 aliphatic rings. The molecule has 0 bridgehead atoms. The zero-order valence-corrected chi connectivity index (χ0v) is 10.9. The van der Waals surface area contributed by atoms with E-state index >= 15 is 0 Å². The number of unbranched alkanes of at least 4 members (excludes halogenated alkanes) is 2. The number of anilines is 1. The molecule has 0 unspecified atom stereocenters. The van der Waals surface area contributed by atoms with Gasteiger partial charge in [-0.3, -0.25) is 0 Å². The van der Waals surface area contributed by atoms with E-state index in [9.17, 15) is 0 Å². The number of benzene rings is 1. The molecule has 0 spiro atoms. The maximum absolute atomic E-state index is 5.71. The molecule has 16 heavy (non-hydrogen) atoms. The summed E-state index contributed by atoms with van der Waals surface area (Å²) >= 11 is 5.06. The van der Waals surface area contributed by atoms with Gasteiger partial charge in [0.05, 0.1) is 0 Å². The Kier molecular flexibility index (Phi) is 5.26. The first kappa shape index (κ1) is 13.0. The number of rotatable bonds is 6. The van der Waals surface area contributed by atoms with Crippen molar-refractivity contribution in [3.05, 3.63) is 29.8 Å². The Morgan fingerprint density at radius 2 is 2.00 bits per heavy atom. The van der Waals surface area contributed by atoms with Crippen LogP contribution in [0.5, 0.6) is 0 Å². The van der Waals surface area contributed by atoms with Crippen LogP contribution in [0.1, 0.15) is 31.7 Å². The van der Waals surface area contributed by atoms with Crippen LogP contribution >= 0.6 is 12.2 Å². The van der Waals surface area contributed by atoms with Crippen LogP contribution in [0.15, 0.2) is 24.3 Å². The molecular weight excluding hydrogens is 216 g/mol. The molecule has 0 saturated carbocycles. The summed E-state index contributed by atoms with van der Waals surface area (Å²) in [5, 5.41) is 0. The first-order chi connectivity index (χ1) is 7.66. The highest BCUT2D eigenvalue weighted by Crippen LogP contribution is 2.19. The quantitative estimate of drug-likeness (QED) is 0.608. The van der Waals surface area contributed by atoms with Crippen LogP contribution < -0.4 is 10.6 Å². The van der Waals surface area contributed by atoms with E-state index in [1.165, 1.54) is 19.3 Å². The van der Waals surface area contributed by atoms with Crippen molar-refractivity contribution in [2.24, 2.45) is 5.73 Å². The van der Waals surface area contributed by atoms with Crippen molar-refractivity contribution >= 4 is 22.9 Å². The molecule has 0 aromatic heterocycles. The van der Waals surface area contributed by atoms with Gasteiger partial charge in [-0.2, -0.15) is 0 Å². The summed E-state index contributed by atoms with van der Waals surface area (Å²) in [6.45, 7) is 3.26. The molecule has 2 N–H and O–H groups in total. The summed E-state index contributed by atoms with van der Waals surface area (Å²) in [7, 11) is 2.09. The van der Waals surface area contributed by atoms with Crippen molar-refractivity contribution in [1.82, 2.24) is 0 Å². The smallest absolute Gasteiger partial charge is 0.106 e. The van der Waals surface area contributed by atoms with E-state index in [2.05, 4.69) is 24.9 Å². The predicted molar refractivity (Wildman–Crippen MR) is 75.1 cm³/mol. The lowest BCUT2D eigenvalue weighted by Gasteiger charge is -2.21. The maximum atomic E-state index is 5.71. The molecule has 1 aromatic rings. The Morgan fingerprint density at radius 3 is 2.62 bits per heavy atom. The van der Waals surface area contributed by atoms with Gasteiger partial charge in [-0.25, -0.2) is 0 Å². The summed E-state index contributed by atoms with van der Waals surface area (Å²) in [6.07, 6.45) is 3.71. The van der Waals surface area contributed by atoms with Crippen molar-refractivity contribution in [3.63, 3.8) is 0 Å². The molecule has 0 aliphatic heterocycles. The van der Waals surface area contributed by atoms with Crippen LogP contribution in [0, 0.1) is 0 Å². The minimum Gasteiger partial charge on any atom is -0.389 e. The maximum Gasteiger partial charge on any atom is 0.106 e. The Balaban J connectivity index is 2.74. The lowest BCUT2D eigenvalue weighted by Crippen LogP contribution is -2.22. The molecule has 0 radical (unpaired) electrons. The van der Waals surface area contributed by atoms with Crippen molar-refractivity contribution in [2.75, 3.05) is 18.5 Å². The van der Waals surface area contributed by atoms with Gasteiger partial charge in [-0.1, -0.05) is 44.1 Å². The molecule has 1 aromatic carbocycles. The lowest BCUT2D eigenvalue weighted by atomic mass is 10.1. The van der Waals surface area contributed by atoms with E-state index in [0.717, 1.165) is 17.8 Å². The summed E-state index contributed by atoms with van der Waals surface area (Å²) in [4.78, 5) is 2.70. The molecule has 3 heteroatoms. The van der Waals surface area contributed by atoms with E-state index in [1.54, 1.807) is 0 Å². The molecule has 0 fully saturated rings. The Bertz CT molecular complexity index is 350. The predicted octanol–water partition coefficient (Wildman–Crippen LogP) is 2.95. The SMILES string of the molecule is CCCCCN(C)c1ccccc1C(N)=S. The molecule has 0 saturated heterocycles. The van der Waals surface area contributed by atoms with Crippen LogP contribution in [0.4, 0.5) is 5.69 Å². The number of hydrogen-bond acceptors (Lipinski definition) is 2. The van der Waals surface area contributed by atoms with Gasteiger partial charge in [-0.15, -0.1) is 0 Å². The number of thiocarbonyl (C=S) groups is 1. The van der Waals surface area contributed by atoms with Crippen LogP contribution in [0.2, 0.25) is 0 Å². The highest BCUT2D eigenvalue weighted by atomic mass is 32.1. The number of hydrogen-bond donors (Lipinski definition) is 1. The Morgan fingerprint density at radius 1 is 1.31 bits per heavy atom. The highest BCUT2D eigenvalue weighted by Gasteiger charge is 2.07. The Labute approximate surface area is 103 Å². The second-order valence-corrected chi connectivity index (χ2v) is 4.45. The summed E-state index contributed by atoms with van der Waals surface area (Å²) < 4.78 is 0. The van der Waals surface area contributed by atoms with Crippen molar-refractivity contribution < 1.29 is 0 Å². The van der Waals surface area contributed by atoms with E-state index in [1.807, 2.05) is 18.2 Å². The third-order valence-electron chi connectivity index (χ3n) is 2.68. The normalized spacial score (nSPS) is 10.1. The average Bonchev–Trinajstić information content (AvgIpc) is 2.29. The van der Waals surface area contributed by atoms with Crippen molar-refractivity contribution in [1.29, 1.82) is 0 Å². The van der Waals surface area contributed by atoms with Gasteiger partial charge in [0.15, 0.2) is 0 Å². The molecule has 0 amide bonds. The van der Waals surface area contributed by atoms with E-state index in [-0.39, 0.29) is 0 Å². The van der Waals surface area contributed by atoms with Gasteiger partial charge in [0, 0.05) is 24.8 Å². The highest BCUT2D eigenvalue weighted by molar-refractivity contribution is 7.80. The number of nitrogens with two attached hydrogens (primary N) is 1. The topological polar surface area (TPSA) is 29.3 Å². The van der Waals surface area contributed by atoms with Crippen LogP contribution in [0.25, 0.3) is 0 Å². The number of nitrogens with zero attached hydrogens (tertiary/aromatic N) is 1. The minimum absolute atomic E-state index is 0.470. The van der Waals surface area contributed by atoms with Crippen molar-refractivity contribution in [2.45, 2.75) is 26.2 Å². The molecule has 2 nitrogen and oxygen atoms in total. The van der Waals surface area contributed by atoms with Gasteiger partial charge in [0.25, 0.3) is 0 Å². The first-order valence-corrected chi connectivity index (χ1v) is 6.17. The standard InChI is InChI=1S/C13H20N2S/c1-3-4-7-10-15(2)12-9-6-5-8-11(12)13(14)16/h5-6,8-9H,3-4,7,10H2,1-2H3,(H2,14,16). The Hall–Kier alpha value is -1.09. The second-order valence-electron chi connectivity index (χ2n) is 4.01. The van der Waals surface area contributed by atoms with Gasteiger partial charge in [-0.05, 0) is 18.6 Å². The third kappa shape index (κ3) is 3.49. The molecule has 0 heterocycles. The zero-order valence-electron chi connectivity index (χ0n) is 10.1. The molecule has 0 aliphatic carbocycles. The lowest BCUT2D eigenvalue weighted by molar-refractivity contribution is 0.705. The monoisotopic (exact) mass is 236 g/mol. The fraction of sp³-hybridized carbons (Fsp3) is 0.462. The van der Waals surface area contributed by atoms with Crippen LogP contribution in [0.3, 0.4) is 0 Å². The largest absolute Gasteiger partial charge is 0.389 e. The van der Waals surface area contributed by atoms with E-state index in [4.69, 9.17) is 18.0 Å². The molecule has 88 valence electrons. The fourth-order valence-electron chi connectivity index (χ4n) is 1.73. The van der Waals surface area contributed by atoms with Gasteiger partial charge < -0.3 is 10.6 Å². The molecule has 0 atom stereocenters. The summed E-state index contributed by atoms with van der Waals surface area (Å²) in [5.41, 5.74) is 7.81. The van der Waals surface area contributed by atoms with E-state index in [0.29, 0.717) is 4.99 Å². The van der Waals surface area contributed by atoms with Crippen LogP contribution in [-0.4, -0.2) is 18.6 Å². The van der Waals surface area contributed by atoms with E-state index < -0.39 is 0 Å². The minimum atomic E-state index is 0.470. The second kappa shape index (κ2) is 6.48. The number of para-hydroxylation sites is 1. The van der Waals surface area contributed by atoms with Gasteiger partial charge in [0.2, 0.25) is 0 Å². The fourth-order valence-corrected chi connectivity index (χ4v) is 1.91. The first-order valence-electron chi connectivity index (χ1n) is 5.76. The third-order valence-corrected chi connectivity index (χ3v) is 2.90. The summed E-state index contributed by atoms with van der Waals surface area (Å²) in [6, 6.07) is 8.04. The van der Waals surface area contributed by atoms with Crippen LogP contribution in [-0.2, 0) is 0 Å². The van der Waals surface area contributed by atoms with Crippen molar-refractivity contribution in [3.8, 4) is 0 Å². The van der Waals surface area contributed by atoms with Gasteiger partial charge >= 0.3 is 0 Å².